The van der Waals surface area contributed by atoms with E-state index in [1.807, 2.05) is 12.1 Å². The number of ether oxygens (including phenoxy) is 1. The quantitative estimate of drug-likeness (QED) is 0.368. The van der Waals surface area contributed by atoms with Gasteiger partial charge < -0.3 is 19.9 Å². The summed E-state index contributed by atoms with van der Waals surface area (Å²) in [6.07, 6.45) is 15.1. The molecule has 2 fully saturated rings. The van der Waals surface area contributed by atoms with Crippen LogP contribution in [0.4, 0.5) is 17.3 Å². The number of aryl methyl sites for hydroxylation is 1. The fourth-order valence-electron chi connectivity index (χ4n) is 5.40. The van der Waals surface area contributed by atoms with Gasteiger partial charge >= 0.3 is 0 Å². The van der Waals surface area contributed by atoms with Crippen molar-refractivity contribution in [2.45, 2.75) is 38.5 Å². The molecule has 8 nitrogen and oxygen atoms in total. The zero-order chi connectivity index (χ0) is 25.8. The predicted octanol–water partition coefficient (Wildman–Crippen LogP) is 4.15. The second-order valence-corrected chi connectivity index (χ2v) is 10.3. The second kappa shape index (κ2) is 11.2. The Labute approximate surface area is 218 Å². The van der Waals surface area contributed by atoms with Gasteiger partial charge in [0.25, 0.3) is 5.56 Å². The number of hydrogen-bond acceptors (Lipinski definition) is 7. The molecule has 1 aliphatic heterocycles. The van der Waals surface area contributed by atoms with E-state index in [-0.39, 0.29) is 5.56 Å². The van der Waals surface area contributed by atoms with E-state index >= 15 is 0 Å². The third-order valence-corrected chi connectivity index (χ3v) is 7.68. The van der Waals surface area contributed by atoms with Crippen molar-refractivity contribution in [1.82, 2.24) is 19.4 Å². The lowest BCUT2D eigenvalue weighted by Crippen LogP contribution is -2.44. The monoisotopic (exact) mass is 500 g/mol. The molecule has 37 heavy (non-hydrogen) atoms. The molecule has 3 heterocycles. The Morgan fingerprint density at radius 3 is 2.68 bits per heavy atom. The number of piperazine rings is 1. The SMILES string of the molecule is C#Cc1cc(=O)n(C)c2nc(Nc3ccc(N4CCN(C)CC4)c(OCCCC4CCCC4)c3)ncc12. The third kappa shape index (κ3) is 5.72. The van der Waals surface area contributed by atoms with Gasteiger partial charge in [-0.05, 0) is 37.9 Å². The van der Waals surface area contributed by atoms with Crippen molar-refractivity contribution in [2.75, 3.05) is 50.1 Å². The van der Waals surface area contributed by atoms with E-state index < -0.39 is 0 Å². The first-order chi connectivity index (χ1) is 18.0. The molecule has 8 heteroatoms. The molecule has 0 spiro atoms. The van der Waals surface area contributed by atoms with E-state index in [1.54, 1.807) is 13.2 Å². The van der Waals surface area contributed by atoms with Crippen LogP contribution in [0, 0.1) is 18.3 Å². The Morgan fingerprint density at radius 1 is 1.14 bits per heavy atom. The van der Waals surface area contributed by atoms with E-state index in [4.69, 9.17) is 11.2 Å². The maximum atomic E-state index is 12.3. The second-order valence-electron chi connectivity index (χ2n) is 10.3. The number of aromatic nitrogens is 3. The summed E-state index contributed by atoms with van der Waals surface area (Å²) in [7, 11) is 3.85. The van der Waals surface area contributed by atoms with Crippen LogP contribution in [0.1, 0.15) is 44.1 Å². The van der Waals surface area contributed by atoms with Gasteiger partial charge in [0.05, 0.1) is 17.7 Å². The number of nitrogens with one attached hydrogen (secondary N) is 1. The van der Waals surface area contributed by atoms with Crippen molar-refractivity contribution in [1.29, 1.82) is 0 Å². The molecule has 5 rings (SSSR count). The first-order valence-corrected chi connectivity index (χ1v) is 13.3. The van der Waals surface area contributed by atoms with Crippen LogP contribution in [0.2, 0.25) is 0 Å². The zero-order valence-electron chi connectivity index (χ0n) is 21.9. The number of terminal acetylenes is 1. The molecule has 2 aliphatic rings. The van der Waals surface area contributed by atoms with Gasteiger partial charge in [0, 0.05) is 62.8 Å². The highest BCUT2D eigenvalue weighted by Crippen LogP contribution is 2.34. The fourth-order valence-corrected chi connectivity index (χ4v) is 5.40. The first-order valence-electron chi connectivity index (χ1n) is 13.3. The summed E-state index contributed by atoms with van der Waals surface area (Å²) in [5.41, 5.74) is 2.75. The minimum Gasteiger partial charge on any atom is -0.491 e. The Hall–Kier alpha value is -3.57. The van der Waals surface area contributed by atoms with Crippen LogP contribution in [0.25, 0.3) is 11.0 Å². The van der Waals surface area contributed by atoms with E-state index in [9.17, 15) is 4.79 Å². The van der Waals surface area contributed by atoms with Crippen LogP contribution in [-0.4, -0.2) is 59.3 Å². The first kappa shape index (κ1) is 25.1. The Balaban J connectivity index is 1.37. The number of anilines is 3. The minimum atomic E-state index is -0.199. The lowest BCUT2D eigenvalue weighted by molar-refractivity contribution is 0.288. The van der Waals surface area contributed by atoms with Gasteiger partial charge in [-0.2, -0.15) is 4.98 Å². The topological polar surface area (TPSA) is 75.5 Å². The van der Waals surface area contributed by atoms with Gasteiger partial charge in [-0.3, -0.25) is 9.36 Å². The molecule has 0 amide bonds. The zero-order valence-corrected chi connectivity index (χ0v) is 21.9. The third-order valence-electron chi connectivity index (χ3n) is 7.68. The highest BCUT2D eigenvalue weighted by Gasteiger charge is 2.19. The van der Waals surface area contributed by atoms with Gasteiger partial charge in [0.2, 0.25) is 5.95 Å². The van der Waals surface area contributed by atoms with Crippen LogP contribution in [0.3, 0.4) is 0 Å². The summed E-state index contributed by atoms with van der Waals surface area (Å²) in [4.78, 5) is 26.1. The van der Waals surface area contributed by atoms with Crippen molar-refractivity contribution in [3.8, 4) is 18.1 Å². The molecular weight excluding hydrogens is 464 g/mol. The van der Waals surface area contributed by atoms with Gasteiger partial charge in [-0.1, -0.05) is 31.6 Å². The molecule has 3 aromatic rings. The molecule has 1 N–H and O–H groups in total. The molecule has 1 saturated carbocycles. The molecule has 2 aromatic heterocycles. The van der Waals surface area contributed by atoms with E-state index in [0.29, 0.717) is 29.2 Å². The summed E-state index contributed by atoms with van der Waals surface area (Å²) >= 11 is 0. The average Bonchev–Trinajstić information content (AvgIpc) is 3.43. The molecule has 1 aliphatic carbocycles. The predicted molar refractivity (Wildman–Crippen MR) is 149 cm³/mol. The van der Waals surface area contributed by atoms with Crippen LogP contribution in [0.15, 0.2) is 35.3 Å². The van der Waals surface area contributed by atoms with Crippen molar-refractivity contribution < 1.29 is 4.74 Å². The number of hydrogen-bond donors (Lipinski definition) is 1. The molecule has 0 radical (unpaired) electrons. The Kier molecular flexibility index (Phi) is 7.61. The number of pyridine rings is 1. The number of nitrogens with zero attached hydrogens (tertiary/aromatic N) is 5. The number of benzene rings is 1. The van der Waals surface area contributed by atoms with Gasteiger partial charge in [-0.25, -0.2) is 4.98 Å². The van der Waals surface area contributed by atoms with Crippen LogP contribution >= 0.6 is 0 Å². The summed E-state index contributed by atoms with van der Waals surface area (Å²) in [6.45, 7) is 4.72. The summed E-state index contributed by atoms with van der Waals surface area (Å²) in [5, 5.41) is 3.97. The molecular formula is C29H36N6O2. The Bertz CT molecular complexity index is 1350. The van der Waals surface area contributed by atoms with E-state index in [0.717, 1.165) is 55.6 Å². The number of fused-ring (bicyclic) bond motifs is 1. The smallest absolute Gasteiger partial charge is 0.253 e. The molecule has 0 unspecified atom stereocenters. The summed E-state index contributed by atoms with van der Waals surface area (Å²) < 4.78 is 7.87. The van der Waals surface area contributed by atoms with Crippen LogP contribution < -0.4 is 20.5 Å². The normalized spacial score (nSPS) is 16.7. The van der Waals surface area contributed by atoms with E-state index in [2.05, 4.69) is 44.1 Å². The summed E-state index contributed by atoms with van der Waals surface area (Å²) in [5.74, 6) is 4.70. The molecule has 194 valence electrons. The molecule has 1 aromatic carbocycles. The van der Waals surface area contributed by atoms with Crippen LogP contribution in [0.5, 0.6) is 5.75 Å². The highest BCUT2D eigenvalue weighted by atomic mass is 16.5. The number of likely N-dealkylation sites (N-methyl/N-ethyl adjacent to an activating group) is 1. The standard InChI is InChI=1S/C29H36N6O2/c1-4-22-18-27(36)34(3)28-24(22)20-30-29(32-28)31-23-11-12-25(35-15-13-33(2)14-16-35)26(19-23)37-17-7-10-21-8-5-6-9-21/h1,11-12,18-21H,5-10,13-17H2,2-3H3,(H,30,31,32). The maximum Gasteiger partial charge on any atom is 0.253 e. The lowest BCUT2D eigenvalue weighted by Gasteiger charge is -2.35. The van der Waals surface area contributed by atoms with Gasteiger partial charge in [-0.15, -0.1) is 6.42 Å². The van der Waals surface area contributed by atoms with Crippen molar-refractivity contribution in [2.24, 2.45) is 13.0 Å². The highest BCUT2D eigenvalue weighted by molar-refractivity contribution is 5.82. The maximum absolute atomic E-state index is 12.3. The van der Waals surface area contributed by atoms with Crippen molar-refractivity contribution in [3.05, 3.63) is 46.4 Å². The number of rotatable bonds is 8. The Morgan fingerprint density at radius 2 is 1.92 bits per heavy atom. The van der Waals surface area contributed by atoms with Crippen LogP contribution in [-0.2, 0) is 7.05 Å². The van der Waals surface area contributed by atoms with Gasteiger partial charge in [0.1, 0.15) is 11.4 Å². The molecule has 0 atom stereocenters. The van der Waals surface area contributed by atoms with Gasteiger partial charge in [0.15, 0.2) is 0 Å². The summed E-state index contributed by atoms with van der Waals surface area (Å²) in [6, 6.07) is 7.62. The lowest BCUT2D eigenvalue weighted by atomic mass is 10.0. The van der Waals surface area contributed by atoms with E-state index in [1.165, 1.54) is 42.7 Å². The van der Waals surface area contributed by atoms with Crippen molar-refractivity contribution in [3.63, 3.8) is 0 Å². The minimum absolute atomic E-state index is 0.199. The van der Waals surface area contributed by atoms with Crippen molar-refractivity contribution >= 4 is 28.4 Å². The largest absolute Gasteiger partial charge is 0.491 e. The average molecular weight is 501 g/mol. The molecule has 0 bridgehead atoms. The molecule has 1 saturated heterocycles. The fraction of sp³-hybridized carbons (Fsp3) is 0.483.